The van der Waals surface area contributed by atoms with Crippen molar-refractivity contribution >= 4 is 27.5 Å². The molecule has 3 rings (SSSR count). The van der Waals surface area contributed by atoms with E-state index in [1.165, 1.54) is 11.4 Å². The minimum absolute atomic E-state index is 0.106. The van der Waals surface area contributed by atoms with E-state index in [-0.39, 0.29) is 13.3 Å². The molecule has 11 heteroatoms. The van der Waals surface area contributed by atoms with Crippen LogP contribution in [0, 0.1) is 0 Å². The number of piperidine rings is 1. The monoisotopic (exact) mass is 413 g/mol. The molecule has 2 heterocycles. The summed E-state index contributed by atoms with van der Waals surface area (Å²) in [5, 5.41) is 5.07. The first-order valence-electron chi connectivity index (χ1n) is 8.72. The Labute approximate surface area is 163 Å². The van der Waals surface area contributed by atoms with Crippen LogP contribution in [-0.4, -0.2) is 69.9 Å². The Morgan fingerprint density at radius 1 is 1.18 bits per heavy atom. The number of anilines is 1. The third kappa shape index (κ3) is 4.54. The summed E-state index contributed by atoms with van der Waals surface area (Å²) in [7, 11) is -1.75. The summed E-state index contributed by atoms with van der Waals surface area (Å²) in [6, 6.07) is 4.83. The lowest BCUT2D eigenvalue weighted by molar-refractivity contribution is -0.137. The Balaban J connectivity index is 1.53. The molecule has 0 saturated carbocycles. The van der Waals surface area contributed by atoms with Crippen molar-refractivity contribution < 1.29 is 32.2 Å². The van der Waals surface area contributed by atoms with Crippen LogP contribution >= 0.6 is 0 Å². The number of nitrogens with zero attached hydrogens (tertiary/aromatic N) is 1. The quantitative estimate of drug-likeness (QED) is 0.647. The van der Waals surface area contributed by atoms with Crippen LogP contribution < -0.4 is 20.1 Å². The maximum atomic E-state index is 12.2. The highest BCUT2D eigenvalue weighted by Gasteiger charge is 2.37. The fraction of sp³-hybridized carbons (Fsp3) is 0.529. The molecule has 0 atom stereocenters. The largest absolute Gasteiger partial charge is 0.454 e. The molecule has 0 unspecified atom stereocenters. The van der Waals surface area contributed by atoms with Gasteiger partial charge in [0.15, 0.2) is 11.5 Å². The molecule has 0 bridgehead atoms. The van der Waals surface area contributed by atoms with Crippen molar-refractivity contribution in [1.29, 1.82) is 0 Å². The Kier molecular flexibility index (Phi) is 5.77. The van der Waals surface area contributed by atoms with E-state index in [0.29, 0.717) is 43.1 Å². The summed E-state index contributed by atoms with van der Waals surface area (Å²) in [4.78, 5) is 24.3. The van der Waals surface area contributed by atoms with Crippen molar-refractivity contribution in [3.05, 3.63) is 18.2 Å². The SMILES string of the molecule is COC1(CNC(=O)C(=O)Nc2ccc3c(c2)OCO3)CCN(S(C)(=O)=O)CC1. The van der Waals surface area contributed by atoms with E-state index in [0.717, 1.165) is 6.26 Å². The number of hydrogen-bond acceptors (Lipinski definition) is 7. The molecule has 1 aromatic carbocycles. The van der Waals surface area contributed by atoms with Gasteiger partial charge >= 0.3 is 11.8 Å². The summed E-state index contributed by atoms with van der Waals surface area (Å²) >= 11 is 0. The fourth-order valence-corrected chi connectivity index (χ4v) is 4.01. The number of sulfonamides is 1. The van der Waals surface area contributed by atoms with Crippen LogP contribution in [-0.2, 0) is 24.3 Å². The Hall–Kier alpha value is -2.37. The third-order valence-electron chi connectivity index (χ3n) is 4.94. The molecule has 0 aromatic heterocycles. The molecule has 0 radical (unpaired) electrons. The van der Waals surface area contributed by atoms with E-state index in [1.54, 1.807) is 18.2 Å². The van der Waals surface area contributed by atoms with E-state index >= 15 is 0 Å². The lowest BCUT2D eigenvalue weighted by Gasteiger charge is -2.39. The van der Waals surface area contributed by atoms with Crippen molar-refractivity contribution in [1.82, 2.24) is 9.62 Å². The molecule has 28 heavy (non-hydrogen) atoms. The molecule has 154 valence electrons. The van der Waals surface area contributed by atoms with E-state index in [2.05, 4.69) is 10.6 Å². The maximum Gasteiger partial charge on any atom is 0.313 e. The third-order valence-corrected chi connectivity index (χ3v) is 6.25. The van der Waals surface area contributed by atoms with Crippen LogP contribution in [0.2, 0.25) is 0 Å². The molecule has 0 aliphatic carbocycles. The number of carbonyl (C=O) groups excluding carboxylic acids is 2. The zero-order valence-corrected chi connectivity index (χ0v) is 16.5. The Bertz CT molecular complexity index is 864. The molecule has 1 fully saturated rings. The zero-order chi connectivity index (χ0) is 20.4. The summed E-state index contributed by atoms with van der Waals surface area (Å²) in [5.41, 5.74) is -0.303. The van der Waals surface area contributed by atoms with Gasteiger partial charge in [-0.25, -0.2) is 12.7 Å². The molecular weight excluding hydrogens is 390 g/mol. The first-order chi connectivity index (χ1) is 13.2. The second-order valence-corrected chi connectivity index (χ2v) is 8.74. The summed E-state index contributed by atoms with van der Waals surface area (Å²) < 4.78 is 40.6. The maximum absolute atomic E-state index is 12.2. The van der Waals surface area contributed by atoms with Gasteiger partial charge in [0.1, 0.15) is 0 Å². The number of hydrogen-bond donors (Lipinski definition) is 2. The van der Waals surface area contributed by atoms with Gasteiger partial charge in [-0.05, 0) is 25.0 Å². The Morgan fingerprint density at radius 2 is 1.86 bits per heavy atom. The predicted molar refractivity (Wildman–Crippen MR) is 99.6 cm³/mol. The molecule has 2 amide bonds. The van der Waals surface area contributed by atoms with Gasteiger partial charge in [-0.2, -0.15) is 0 Å². The summed E-state index contributed by atoms with van der Waals surface area (Å²) in [6.07, 6.45) is 2.00. The second kappa shape index (κ2) is 7.94. The van der Waals surface area contributed by atoms with Gasteiger partial charge in [-0.15, -0.1) is 0 Å². The van der Waals surface area contributed by atoms with E-state index in [4.69, 9.17) is 14.2 Å². The molecule has 0 spiro atoms. The lowest BCUT2D eigenvalue weighted by Crippen LogP contribution is -2.54. The number of carbonyl (C=O) groups is 2. The van der Waals surface area contributed by atoms with Gasteiger partial charge in [-0.3, -0.25) is 9.59 Å². The van der Waals surface area contributed by atoms with Crippen molar-refractivity contribution in [2.75, 3.05) is 45.1 Å². The highest BCUT2D eigenvalue weighted by atomic mass is 32.2. The lowest BCUT2D eigenvalue weighted by atomic mass is 9.92. The van der Waals surface area contributed by atoms with Crippen LogP contribution in [0.3, 0.4) is 0 Å². The average molecular weight is 413 g/mol. The van der Waals surface area contributed by atoms with Crippen molar-refractivity contribution in [2.24, 2.45) is 0 Å². The zero-order valence-electron chi connectivity index (χ0n) is 15.7. The van der Waals surface area contributed by atoms with Crippen LogP contribution in [0.5, 0.6) is 11.5 Å². The number of rotatable bonds is 5. The van der Waals surface area contributed by atoms with Gasteiger partial charge < -0.3 is 24.8 Å². The second-order valence-electron chi connectivity index (χ2n) is 6.75. The number of nitrogens with one attached hydrogen (secondary N) is 2. The van der Waals surface area contributed by atoms with Gasteiger partial charge in [0.25, 0.3) is 0 Å². The smallest absolute Gasteiger partial charge is 0.313 e. The minimum Gasteiger partial charge on any atom is -0.454 e. The first kappa shape index (κ1) is 20.4. The van der Waals surface area contributed by atoms with Crippen molar-refractivity contribution in [2.45, 2.75) is 18.4 Å². The molecular formula is C17H23N3O7S. The van der Waals surface area contributed by atoms with Gasteiger partial charge in [-0.1, -0.05) is 0 Å². The molecule has 10 nitrogen and oxygen atoms in total. The number of benzene rings is 1. The van der Waals surface area contributed by atoms with Crippen LogP contribution in [0.1, 0.15) is 12.8 Å². The highest BCUT2D eigenvalue weighted by molar-refractivity contribution is 7.88. The van der Waals surface area contributed by atoms with Crippen molar-refractivity contribution in [3.8, 4) is 11.5 Å². The van der Waals surface area contributed by atoms with Gasteiger partial charge in [0.05, 0.1) is 11.9 Å². The Morgan fingerprint density at radius 3 is 2.50 bits per heavy atom. The summed E-state index contributed by atoms with van der Waals surface area (Å²) in [6.45, 7) is 0.815. The number of ether oxygens (including phenoxy) is 3. The predicted octanol–water partition coefficient (Wildman–Crippen LogP) is -0.0894. The van der Waals surface area contributed by atoms with E-state index in [9.17, 15) is 18.0 Å². The standard InChI is InChI=1S/C17H23N3O7S/c1-25-17(5-7-20(8-6-17)28(2,23)24)10-18-15(21)16(22)19-12-3-4-13-14(9-12)27-11-26-13/h3-4,9H,5-8,10-11H2,1-2H3,(H,18,21)(H,19,22). The van der Waals surface area contributed by atoms with Gasteiger partial charge in [0, 0.05) is 38.5 Å². The number of methoxy groups -OCH3 is 1. The first-order valence-corrected chi connectivity index (χ1v) is 10.6. The molecule has 1 saturated heterocycles. The molecule has 1 aromatic rings. The van der Waals surface area contributed by atoms with Crippen LogP contribution in [0.15, 0.2) is 18.2 Å². The van der Waals surface area contributed by atoms with Crippen LogP contribution in [0.25, 0.3) is 0 Å². The number of amides is 2. The number of fused-ring (bicyclic) bond motifs is 1. The molecule has 2 aliphatic rings. The van der Waals surface area contributed by atoms with Gasteiger partial charge in [0.2, 0.25) is 16.8 Å². The van der Waals surface area contributed by atoms with Crippen LogP contribution in [0.4, 0.5) is 5.69 Å². The molecule has 2 aliphatic heterocycles. The minimum atomic E-state index is -3.26. The highest BCUT2D eigenvalue weighted by Crippen LogP contribution is 2.34. The average Bonchev–Trinajstić information content (AvgIpc) is 3.13. The normalized spacial score (nSPS) is 18.5. The summed E-state index contributed by atoms with van der Waals surface area (Å²) in [5.74, 6) is -0.558. The fourth-order valence-electron chi connectivity index (χ4n) is 3.16. The van der Waals surface area contributed by atoms with E-state index < -0.39 is 27.4 Å². The van der Waals surface area contributed by atoms with E-state index in [1.807, 2.05) is 0 Å². The van der Waals surface area contributed by atoms with Crippen molar-refractivity contribution in [3.63, 3.8) is 0 Å². The molecule has 2 N–H and O–H groups in total. The topological polar surface area (TPSA) is 123 Å².